The molecule has 0 aromatic heterocycles. The largest absolute Gasteiger partial charge is 0.472 e. The van der Waals surface area contributed by atoms with Crippen molar-refractivity contribution in [1.82, 2.24) is 0 Å². The fourth-order valence-electron chi connectivity index (χ4n) is 10.0. The van der Waals surface area contributed by atoms with Crippen molar-refractivity contribution in [3.05, 3.63) is 0 Å². The lowest BCUT2D eigenvalue weighted by molar-refractivity contribution is -0.161. The minimum atomic E-state index is -4.95. The lowest BCUT2D eigenvalue weighted by atomic mass is 9.99. The number of carbonyl (C=O) groups excluding carboxylic acids is 4. The number of phosphoric acid groups is 2. The van der Waals surface area contributed by atoms with E-state index in [0.717, 1.165) is 126 Å². The van der Waals surface area contributed by atoms with Gasteiger partial charge in [0.25, 0.3) is 0 Å². The molecule has 5 unspecified atom stereocenters. The van der Waals surface area contributed by atoms with Crippen LogP contribution >= 0.6 is 15.6 Å². The maximum Gasteiger partial charge on any atom is 0.472 e. The number of phosphoric ester groups is 2. The van der Waals surface area contributed by atoms with E-state index >= 15 is 0 Å². The fourth-order valence-corrected chi connectivity index (χ4v) is 11.6. The number of hydrogen-bond acceptors (Lipinski definition) is 15. The molecule has 17 nitrogen and oxygen atoms in total. The van der Waals surface area contributed by atoms with Crippen molar-refractivity contribution in [3.8, 4) is 0 Å². The molecule has 0 aliphatic carbocycles. The van der Waals surface area contributed by atoms with Crippen molar-refractivity contribution in [1.29, 1.82) is 0 Å². The average molecular weight is 1280 g/mol. The van der Waals surface area contributed by atoms with Gasteiger partial charge < -0.3 is 33.8 Å². The van der Waals surface area contributed by atoms with Crippen molar-refractivity contribution < 1.29 is 80.2 Å². The Labute approximate surface area is 530 Å². The average Bonchev–Trinajstić information content (AvgIpc) is 3.70. The van der Waals surface area contributed by atoms with Gasteiger partial charge in [-0.1, -0.05) is 280 Å². The summed E-state index contributed by atoms with van der Waals surface area (Å²) in [6.07, 6.45) is 38.9. The Hall–Kier alpha value is -1.94. The number of hydrogen-bond donors (Lipinski definition) is 3. The van der Waals surface area contributed by atoms with Crippen LogP contribution in [0, 0.1) is 23.7 Å². The zero-order valence-electron chi connectivity index (χ0n) is 56.6. The minimum Gasteiger partial charge on any atom is -0.462 e. The number of aliphatic hydroxyl groups excluding tert-OH is 1. The van der Waals surface area contributed by atoms with E-state index in [9.17, 15) is 43.2 Å². The van der Waals surface area contributed by atoms with Crippen LogP contribution in [-0.2, 0) is 65.4 Å². The van der Waals surface area contributed by atoms with Gasteiger partial charge in [-0.25, -0.2) is 9.13 Å². The number of carbonyl (C=O) groups is 4. The zero-order valence-corrected chi connectivity index (χ0v) is 58.4. The van der Waals surface area contributed by atoms with Gasteiger partial charge in [0, 0.05) is 25.7 Å². The first-order valence-electron chi connectivity index (χ1n) is 35.3. The summed E-state index contributed by atoms with van der Waals surface area (Å²) in [6.45, 7) is 14.1. The number of rotatable bonds is 65. The van der Waals surface area contributed by atoms with E-state index in [4.69, 9.17) is 37.0 Å². The highest BCUT2D eigenvalue weighted by atomic mass is 31.2. The highest BCUT2D eigenvalue weighted by molar-refractivity contribution is 7.47. The lowest BCUT2D eigenvalue weighted by Crippen LogP contribution is -2.30. The first-order chi connectivity index (χ1) is 41.7. The van der Waals surface area contributed by atoms with E-state index in [1.54, 1.807) is 0 Å². The molecule has 3 N–H and O–H groups in total. The van der Waals surface area contributed by atoms with Crippen molar-refractivity contribution in [2.24, 2.45) is 23.7 Å². The maximum atomic E-state index is 13.0. The summed E-state index contributed by atoms with van der Waals surface area (Å²) in [5.74, 6) is 0.883. The molecule has 0 bridgehead atoms. The summed E-state index contributed by atoms with van der Waals surface area (Å²) in [5.41, 5.74) is 0. The zero-order chi connectivity index (χ0) is 64.7. The molecule has 0 rings (SSSR count). The maximum absolute atomic E-state index is 13.0. The van der Waals surface area contributed by atoms with Gasteiger partial charge in [-0.05, 0) is 49.4 Å². The van der Waals surface area contributed by atoms with E-state index < -0.39 is 97.5 Å². The molecular formula is C68H132O17P2. The van der Waals surface area contributed by atoms with Crippen LogP contribution in [0.3, 0.4) is 0 Å². The SMILES string of the molecule is CCC(C)CCCCCCCCCCCCC(=O)O[C@H](COC(=O)CCCCCCCCC(C)CC)COP(=O)(O)OC[C@H](O)COP(=O)(O)OC[C@@H](COC(=O)CCCCCCCCC(C)CC)OC(=O)CCCCCCCCCCCCC(C)C. The van der Waals surface area contributed by atoms with Crippen LogP contribution in [-0.4, -0.2) is 96.7 Å². The third kappa shape index (κ3) is 58.9. The van der Waals surface area contributed by atoms with Gasteiger partial charge in [0.15, 0.2) is 12.2 Å². The molecule has 0 radical (unpaired) electrons. The van der Waals surface area contributed by atoms with Crippen LogP contribution in [0.5, 0.6) is 0 Å². The second-order valence-corrected chi connectivity index (χ2v) is 28.7. The monoisotopic (exact) mass is 1280 g/mol. The second-order valence-electron chi connectivity index (χ2n) is 25.8. The van der Waals surface area contributed by atoms with Crippen molar-refractivity contribution >= 4 is 39.5 Å². The van der Waals surface area contributed by atoms with E-state index in [-0.39, 0.29) is 25.7 Å². The first kappa shape index (κ1) is 85.1. The van der Waals surface area contributed by atoms with E-state index in [0.29, 0.717) is 25.7 Å². The normalized spacial score (nSPS) is 15.3. The predicted molar refractivity (Wildman–Crippen MR) is 349 cm³/mol. The quantitative estimate of drug-likeness (QED) is 0.0222. The van der Waals surface area contributed by atoms with Gasteiger partial charge in [0.1, 0.15) is 19.3 Å². The number of esters is 4. The Kier molecular flexibility index (Phi) is 56.6. The molecule has 0 aromatic rings. The van der Waals surface area contributed by atoms with Gasteiger partial charge in [0.05, 0.1) is 26.4 Å². The number of aliphatic hydroxyl groups is 1. The molecule has 8 atom stereocenters. The summed E-state index contributed by atoms with van der Waals surface area (Å²) in [5, 5.41) is 10.6. The molecule has 0 aromatic carbocycles. The third-order valence-corrected chi connectivity index (χ3v) is 18.6. The van der Waals surface area contributed by atoms with Gasteiger partial charge in [-0.2, -0.15) is 0 Å². The second kappa shape index (κ2) is 57.9. The third-order valence-electron chi connectivity index (χ3n) is 16.7. The molecule has 0 spiro atoms. The summed E-state index contributed by atoms with van der Waals surface area (Å²) in [4.78, 5) is 72.4. The summed E-state index contributed by atoms with van der Waals surface area (Å²) >= 11 is 0. The summed E-state index contributed by atoms with van der Waals surface area (Å²) < 4.78 is 68.2. The number of unbranched alkanes of at least 4 members (excludes halogenated alkanes) is 28. The standard InChI is InChI=1S/C68H132O17P2/c1-9-59(6)45-37-29-21-17-13-15-19-23-35-43-51-68(73)85-64(55-79-66(71)49-41-33-27-25-31-39-47-61(8)11-3)57-83-87(76,77)81-53-62(69)52-80-86(74,75)82-56-63(54-78-65(70)48-40-32-26-24-30-38-46-60(7)10-2)84-67(72)50-42-34-22-18-14-12-16-20-28-36-44-58(4)5/h58-64,69H,9-57H2,1-8H3,(H,74,75)(H,76,77)/t59?,60?,61?,62-,63-,64-/m1/s1. The van der Waals surface area contributed by atoms with Crippen LogP contribution in [0.4, 0.5) is 0 Å². The Bertz CT molecular complexity index is 1740. The van der Waals surface area contributed by atoms with Crippen molar-refractivity contribution in [2.75, 3.05) is 39.6 Å². The Morgan fingerprint density at radius 3 is 0.816 bits per heavy atom. The van der Waals surface area contributed by atoms with E-state index in [1.807, 2.05) is 0 Å². The minimum absolute atomic E-state index is 0.104. The molecule has 0 amide bonds. The smallest absolute Gasteiger partial charge is 0.462 e. The first-order valence-corrected chi connectivity index (χ1v) is 38.3. The topological polar surface area (TPSA) is 237 Å². The molecule has 0 saturated carbocycles. The van der Waals surface area contributed by atoms with Gasteiger partial charge in [-0.15, -0.1) is 0 Å². The molecule has 0 aliphatic heterocycles. The van der Waals surface area contributed by atoms with Crippen LogP contribution in [0.25, 0.3) is 0 Å². The van der Waals surface area contributed by atoms with E-state index in [2.05, 4.69) is 55.4 Å². The van der Waals surface area contributed by atoms with Crippen LogP contribution in [0.2, 0.25) is 0 Å². The highest BCUT2D eigenvalue weighted by Gasteiger charge is 2.30. The predicted octanol–water partition coefficient (Wildman–Crippen LogP) is 18.9. The molecule has 0 fully saturated rings. The van der Waals surface area contributed by atoms with Gasteiger partial charge >= 0.3 is 39.5 Å². The highest BCUT2D eigenvalue weighted by Crippen LogP contribution is 2.45. The van der Waals surface area contributed by atoms with Gasteiger partial charge in [0.2, 0.25) is 0 Å². The molecule has 516 valence electrons. The van der Waals surface area contributed by atoms with Crippen LogP contribution < -0.4 is 0 Å². The number of ether oxygens (including phenoxy) is 4. The van der Waals surface area contributed by atoms with E-state index in [1.165, 1.54) is 122 Å². The van der Waals surface area contributed by atoms with Crippen LogP contribution in [0.15, 0.2) is 0 Å². The molecule has 0 heterocycles. The Morgan fingerprint density at radius 1 is 0.322 bits per heavy atom. The molecule has 0 aliphatic rings. The molecule has 87 heavy (non-hydrogen) atoms. The molecule has 0 saturated heterocycles. The van der Waals surface area contributed by atoms with Crippen molar-refractivity contribution in [3.63, 3.8) is 0 Å². The van der Waals surface area contributed by atoms with Crippen molar-refractivity contribution in [2.45, 2.75) is 350 Å². The molecule has 19 heteroatoms. The Balaban J connectivity index is 5.27. The Morgan fingerprint density at radius 2 is 0.552 bits per heavy atom. The summed E-state index contributed by atoms with van der Waals surface area (Å²) in [7, 11) is -9.90. The lowest BCUT2D eigenvalue weighted by Gasteiger charge is -2.21. The summed E-state index contributed by atoms with van der Waals surface area (Å²) in [6, 6.07) is 0. The van der Waals surface area contributed by atoms with Crippen LogP contribution in [0.1, 0.15) is 331 Å². The molecular weight excluding hydrogens is 1150 g/mol. The van der Waals surface area contributed by atoms with Gasteiger partial charge in [-0.3, -0.25) is 37.3 Å². The fraction of sp³-hybridized carbons (Fsp3) is 0.941.